The summed E-state index contributed by atoms with van der Waals surface area (Å²) >= 11 is 0. The van der Waals surface area contributed by atoms with Crippen LogP contribution in [0, 0.1) is 52.3 Å². The molecule has 40 heavy (non-hydrogen) atoms. The number of hydrogen-bond acceptors (Lipinski definition) is 2. The summed E-state index contributed by atoms with van der Waals surface area (Å²) < 4.78 is 6.05. The first-order valence-corrected chi connectivity index (χ1v) is 16.8. The number of aryl methyl sites for hydroxylation is 1. The molecule has 0 bridgehead atoms. The van der Waals surface area contributed by atoms with Crippen LogP contribution in [0.4, 0.5) is 0 Å². The third-order valence-electron chi connectivity index (χ3n) is 12.5. The fourth-order valence-corrected chi connectivity index (χ4v) is 10.1. The smallest absolute Gasteiger partial charge is 0.306 e. The van der Waals surface area contributed by atoms with Crippen molar-refractivity contribution in [3.05, 3.63) is 59.7 Å². The van der Waals surface area contributed by atoms with Gasteiger partial charge in [0.25, 0.3) is 0 Å². The zero-order chi connectivity index (χ0) is 28.5. The van der Waals surface area contributed by atoms with E-state index in [1.165, 1.54) is 50.5 Å². The zero-order valence-electron chi connectivity index (χ0n) is 26.3. The van der Waals surface area contributed by atoms with Gasteiger partial charge in [0.2, 0.25) is 0 Å². The van der Waals surface area contributed by atoms with Gasteiger partial charge in [0.1, 0.15) is 6.10 Å². The minimum absolute atomic E-state index is 0.0287. The number of hydrogen-bond donors (Lipinski definition) is 0. The van der Waals surface area contributed by atoms with E-state index in [9.17, 15) is 4.79 Å². The van der Waals surface area contributed by atoms with Crippen LogP contribution in [0.25, 0.3) is 0 Å². The largest absolute Gasteiger partial charge is 0.462 e. The Labute approximate surface area is 245 Å². The molecule has 0 amide bonds. The highest BCUT2D eigenvalue weighted by atomic mass is 16.5. The van der Waals surface area contributed by atoms with Gasteiger partial charge in [0.05, 0.1) is 0 Å². The van der Waals surface area contributed by atoms with Crippen LogP contribution >= 0.6 is 0 Å². The fourth-order valence-electron chi connectivity index (χ4n) is 10.1. The zero-order valence-corrected chi connectivity index (χ0v) is 26.3. The van der Waals surface area contributed by atoms with Crippen molar-refractivity contribution in [2.24, 2.45) is 52.3 Å². The van der Waals surface area contributed by atoms with Crippen molar-refractivity contribution >= 4 is 5.97 Å². The van der Waals surface area contributed by atoms with Crippen LogP contribution in [0.1, 0.15) is 111 Å². The summed E-state index contributed by atoms with van der Waals surface area (Å²) in [6.45, 7) is 14.8. The van der Waals surface area contributed by atoms with Crippen molar-refractivity contribution in [3.8, 4) is 0 Å². The molecule has 0 aromatic heterocycles. The average Bonchev–Trinajstić information content (AvgIpc) is 3.30. The van der Waals surface area contributed by atoms with Crippen molar-refractivity contribution in [2.75, 3.05) is 0 Å². The van der Waals surface area contributed by atoms with Gasteiger partial charge in [-0.3, -0.25) is 4.79 Å². The molecule has 0 radical (unpaired) electrons. The summed E-state index contributed by atoms with van der Waals surface area (Å²) in [5.41, 5.74) is 3.60. The van der Waals surface area contributed by atoms with E-state index in [4.69, 9.17) is 4.74 Å². The van der Waals surface area contributed by atoms with Gasteiger partial charge in [-0.25, -0.2) is 0 Å². The predicted octanol–water partition coefficient (Wildman–Crippen LogP) is 9.98. The van der Waals surface area contributed by atoms with Gasteiger partial charge in [0.15, 0.2) is 0 Å². The number of esters is 1. The number of fused-ring (bicyclic) bond motifs is 5. The van der Waals surface area contributed by atoms with Crippen molar-refractivity contribution in [1.82, 2.24) is 0 Å². The lowest BCUT2D eigenvalue weighted by atomic mass is 9.47. The molecule has 0 unspecified atom stereocenters. The number of rotatable bonds is 9. The molecular formula is C38H56O2. The van der Waals surface area contributed by atoms with Gasteiger partial charge in [-0.05, 0) is 116 Å². The van der Waals surface area contributed by atoms with Crippen LogP contribution in [-0.4, -0.2) is 12.1 Å². The lowest BCUT2D eigenvalue weighted by Gasteiger charge is -2.58. The summed E-state index contributed by atoms with van der Waals surface area (Å²) in [6, 6.07) is 10.3. The monoisotopic (exact) mass is 544 g/mol. The third-order valence-corrected chi connectivity index (χ3v) is 12.5. The molecule has 5 rings (SSSR count). The summed E-state index contributed by atoms with van der Waals surface area (Å²) in [5, 5.41) is 0. The molecular weight excluding hydrogens is 488 g/mol. The Bertz CT molecular complexity index is 1070. The van der Waals surface area contributed by atoms with Crippen molar-refractivity contribution in [3.63, 3.8) is 0 Å². The molecule has 9 atom stereocenters. The molecule has 4 aliphatic carbocycles. The van der Waals surface area contributed by atoms with E-state index in [-0.39, 0.29) is 12.1 Å². The molecule has 0 spiro atoms. The van der Waals surface area contributed by atoms with Crippen molar-refractivity contribution in [2.45, 2.75) is 118 Å². The summed E-state index contributed by atoms with van der Waals surface area (Å²) in [4.78, 5) is 12.7. The highest BCUT2D eigenvalue weighted by Gasteiger charge is 2.59. The quantitative estimate of drug-likeness (QED) is 0.228. The Morgan fingerprint density at radius 3 is 2.50 bits per heavy atom. The van der Waals surface area contributed by atoms with E-state index >= 15 is 0 Å². The molecule has 0 saturated heterocycles. The van der Waals surface area contributed by atoms with Gasteiger partial charge < -0.3 is 4.74 Å². The van der Waals surface area contributed by atoms with E-state index in [2.05, 4.69) is 71.9 Å². The number of carbonyl (C=O) groups is 1. The summed E-state index contributed by atoms with van der Waals surface area (Å²) in [7, 11) is 0. The highest BCUT2D eigenvalue weighted by Crippen LogP contribution is 2.67. The van der Waals surface area contributed by atoms with E-state index < -0.39 is 0 Å². The molecule has 220 valence electrons. The maximum atomic E-state index is 12.7. The second-order valence-corrected chi connectivity index (χ2v) is 14.9. The predicted molar refractivity (Wildman–Crippen MR) is 167 cm³/mol. The van der Waals surface area contributed by atoms with Crippen LogP contribution in [0.15, 0.2) is 54.1 Å². The molecule has 0 N–H and O–H groups in total. The van der Waals surface area contributed by atoms with Gasteiger partial charge >= 0.3 is 5.97 Å². The SMILES string of the molecule is CC[C@H](C=C[C@@H](C)[C@H]1CC[C@H]2[C@@H]3CC=C4C[C@@H](OC(=O)CCc5ccccc5)CC[C@]4(C)[C@H]3CC[C@]12C)C(C)C. The number of carbonyl (C=O) groups excluding carboxylic acids is 1. The van der Waals surface area contributed by atoms with Crippen molar-refractivity contribution in [1.29, 1.82) is 0 Å². The number of ether oxygens (including phenoxy) is 1. The maximum absolute atomic E-state index is 12.7. The van der Waals surface area contributed by atoms with Crippen LogP contribution in [0.3, 0.4) is 0 Å². The summed E-state index contributed by atoms with van der Waals surface area (Å²) in [6.07, 6.45) is 20.3. The van der Waals surface area contributed by atoms with Crippen LogP contribution in [-0.2, 0) is 16.0 Å². The summed E-state index contributed by atoms with van der Waals surface area (Å²) in [5.74, 6) is 5.41. The van der Waals surface area contributed by atoms with E-state index in [1.807, 2.05) is 18.2 Å². The first-order valence-electron chi connectivity index (χ1n) is 16.8. The molecule has 0 heterocycles. The van der Waals surface area contributed by atoms with Crippen LogP contribution < -0.4 is 0 Å². The Balaban J connectivity index is 1.21. The normalized spacial score (nSPS) is 36.9. The van der Waals surface area contributed by atoms with E-state index in [0.717, 1.165) is 48.9 Å². The molecule has 4 aliphatic rings. The van der Waals surface area contributed by atoms with Gasteiger partial charge in [-0.15, -0.1) is 0 Å². The second-order valence-electron chi connectivity index (χ2n) is 14.9. The maximum Gasteiger partial charge on any atom is 0.306 e. The molecule has 3 saturated carbocycles. The Morgan fingerprint density at radius 2 is 1.77 bits per heavy atom. The van der Waals surface area contributed by atoms with E-state index in [1.54, 1.807) is 5.57 Å². The standard InChI is InChI=1S/C38H56O2/c1-7-29(26(2)3)15-13-27(4)33-18-19-34-32-17-16-30-25-31(40-36(39)20-14-28-11-9-8-10-12-28)21-23-37(30,5)35(32)22-24-38(33,34)6/h8-13,15-16,26-27,29,31-35H,7,14,17-25H2,1-6H3/t27-,29-,31+,32+,33-,34+,35+,37+,38-/m1/s1. The first kappa shape index (κ1) is 29.7. The van der Waals surface area contributed by atoms with Crippen molar-refractivity contribution < 1.29 is 9.53 Å². The average molecular weight is 545 g/mol. The molecule has 3 fully saturated rings. The molecule has 2 nitrogen and oxygen atoms in total. The molecule has 0 aliphatic heterocycles. The molecule has 1 aromatic carbocycles. The lowest BCUT2D eigenvalue weighted by Crippen LogP contribution is -2.51. The topological polar surface area (TPSA) is 26.3 Å². The minimum atomic E-state index is -0.0287. The van der Waals surface area contributed by atoms with Crippen LogP contribution in [0.5, 0.6) is 0 Å². The number of allylic oxidation sites excluding steroid dienone is 3. The third kappa shape index (κ3) is 5.76. The fraction of sp³-hybridized carbons (Fsp3) is 0.711. The molecule has 2 heteroatoms. The van der Waals surface area contributed by atoms with Gasteiger partial charge in [-0.1, -0.05) is 95.7 Å². The van der Waals surface area contributed by atoms with Gasteiger partial charge in [-0.2, -0.15) is 0 Å². The second kappa shape index (κ2) is 12.2. The van der Waals surface area contributed by atoms with E-state index in [0.29, 0.717) is 29.1 Å². The minimum Gasteiger partial charge on any atom is -0.462 e. The first-order chi connectivity index (χ1) is 19.2. The molecule has 1 aromatic rings. The highest BCUT2D eigenvalue weighted by molar-refractivity contribution is 5.70. The Kier molecular flexibility index (Phi) is 9.03. The van der Waals surface area contributed by atoms with Gasteiger partial charge in [0, 0.05) is 12.8 Å². The van der Waals surface area contributed by atoms with Crippen LogP contribution in [0.2, 0.25) is 0 Å². The Morgan fingerprint density at radius 1 is 1.00 bits per heavy atom. The number of benzene rings is 1. The lowest BCUT2D eigenvalue weighted by molar-refractivity contribution is -0.151. The Hall–Kier alpha value is -1.83.